The zero-order valence-corrected chi connectivity index (χ0v) is 43.5. The minimum atomic E-state index is -3.01. The van der Waals surface area contributed by atoms with Crippen molar-refractivity contribution in [3.05, 3.63) is 125 Å². The van der Waals surface area contributed by atoms with Gasteiger partial charge in [-0.3, -0.25) is 29.4 Å². The number of methoxy groups -OCH3 is 2. The molecule has 4 N–H and O–H groups in total. The Labute approximate surface area is 448 Å². The van der Waals surface area contributed by atoms with Crippen molar-refractivity contribution >= 4 is 81.4 Å². The highest BCUT2D eigenvalue weighted by atomic mass is 35.5. The second-order valence-electron chi connectivity index (χ2n) is 19.3. The summed E-state index contributed by atoms with van der Waals surface area (Å²) in [6.07, 6.45) is 2.68. The van der Waals surface area contributed by atoms with Crippen molar-refractivity contribution in [1.82, 2.24) is 30.4 Å². The van der Waals surface area contributed by atoms with Gasteiger partial charge in [-0.15, -0.1) is 22.7 Å². The summed E-state index contributed by atoms with van der Waals surface area (Å²) in [5, 5.41) is 28.9. The second-order valence-corrected chi connectivity index (χ2v) is 21.9. The van der Waals surface area contributed by atoms with Gasteiger partial charge in [-0.05, 0) is 72.9 Å². The first kappa shape index (κ1) is 54.9. The van der Waals surface area contributed by atoms with E-state index in [0.717, 1.165) is 0 Å². The van der Waals surface area contributed by atoms with Crippen molar-refractivity contribution in [3.63, 3.8) is 0 Å². The third-order valence-electron chi connectivity index (χ3n) is 14.5. The van der Waals surface area contributed by atoms with Crippen LogP contribution in [0, 0.1) is 23.5 Å². The summed E-state index contributed by atoms with van der Waals surface area (Å²) in [4.78, 5) is 69.7. The van der Waals surface area contributed by atoms with E-state index in [2.05, 4.69) is 30.6 Å². The molecule has 4 bridgehead atoms. The molecule has 0 amide bonds. The smallest absolute Gasteiger partial charge is 0.338 e. The number of hydrogen-bond donors (Lipinski definition) is 4. The molecule has 10 rings (SSSR count). The molecule has 4 fully saturated rings. The molecule has 4 saturated heterocycles. The number of benzene rings is 2. The highest BCUT2D eigenvalue weighted by molar-refractivity contribution is 7.12. The van der Waals surface area contributed by atoms with Crippen molar-refractivity contribution in [2.24, 2.45) is 21.8 Å². The van der Waals surface area contributed by atoms with Crippen LogP contribution in [0.4, 0.5) is 26.3 Å². The molecule has 76 heavy (non-hydrogen) atoms. The Hall–Kier alpha value is -5.92. The number of aromatic nitrogens is 2. The summed E-state index contributed by atoms with van der Waals surface area (Å²) in [7, 11) is 2.39. The van der Waals surface area contributed by atoms with Gasteiger partial charge in [0.1, 0.15) is 23.7 Å². The summed E-state index contributed by atoms with van der Waals surface area (Å²) >= 11 is 14.3. The van der Waals surface area contributed by atoms with Gasteiger partial charge >= 0.3 is 23.9 Å². The number of nitrogens with one attached hydrogen (secondary N) is 2. The van der Waals surface area contributed by atoms with Gasteiger partial charge in [-0.25, -0.2) is 45.9 Å². The average Bonchev–Trinajstić information content (AvgIpc) is 4.24. The van der Waals surface area contributed by atoms with Gasteiger partial charge in [0, 0.05) is 85.4 Å². The lowest BCUT2D eigenvalue weighted by atomic mass is 9.87. The lowest BCUT2D eigenvalue weighted by Gasteiger charge is -2.40. The van der Waals surface area contributed by atoms with Crippen molar-refractivity contribution < 1.29 is 65.2 Å². The van der Waals surface area contributed by atoms with Crippen molar-refractivity contribution in [2.45, 2.75) is 99.5 Å². The largest absolute Gasteiger partial charge is 0.481 e. The van der Waals surface area contributed by atoms with Crippen LogP contribution in [0.2, 0.25) is 10.0 Å². The van der Waals surface area contributed by atoms with Crippen LogP contribution < -0.4 is 10.6 Å². The van der Waals surface area contributed by atoms with Crippen LogP contribution in [0.15, 0.2) is 92.1 Å². The summed E-state index contributed by atoms with van der Waals surface area (Å²) < 4.78 is 99.2. The van der Waals surface area contributed by atoms with Crippen LogP contribution in [-0.2, 0) is 28.7 Å². The van der Waals surface area contributed by atoms with Crippen LogP contribution in [0.5, 0.6) is 0 Å². The molecule has 2 unspecified atom stereocenters. The maximum absolute atomic E-state index is 15.1. The maximum Gasteiger partial charge on any atom is 0.338 e. The molecule has 0 aliphatic carbocycles. The first-order chi connectivity index (χ1) is 36.1. The molecule has 4 aromatic rings. The molecule has 0 spiro atoms. The summed E-state index contributed by atoms with van der Waals surface area (Å²) in [6.45, 7) is -0.127. The standard InChI is InChI=1S/2C25H24ClF3N4O4S/c2*1-37-24(36)20-17(11-33-14-6-12(8-19(34)35)7-18(33)25(28,29)10-14)31-22(23-30-4-5-38-23)32-21(20)13-2-3-15(26)16(27)9-13/h2*2-5,9,12,14,18,21H,6-8,10-11H2,1H3,(H,31,32)(H,34,35)/t12?,14-,18+,21+;12?,14-,18+,21-/m10/s1. The summed E-state index contributed by atoms with van der Waals surface area (Å²) in [5.74, 6) is -11.0. The molecule has 8 atom stereocenters. The van der Waals surface area contributed by atoms with E-state index in [1.165, 1.54) is 61.2 Å². The highest BCUT2D eigenvalue weighted by Crippen LogP contribution is 2.51. The summed E-state index contributed by atoms with van der Waals surface area (Å²) in [5.41, 5.74) is 1.36. The lowest BCUT2D eigenvalue weighted by molar-refractivity contribution is -0.140. The Bertz CT molecular complexity index is 2840. The van der Waals surface area contributed by atoms with Gasteiger partial charge in [0.05, 0.1) is 47.5 Å². The Morgan fingerprint density at radius 1 is 0.671 bits per heavy atom. The highest BCUT2D eigenvalue weighted by Gasteiger charge is 2.59. The molecule has 26 heteroatoms. The Balaban J connectivity index is 0.000000186. The lowest BCUT2D eigenvalue weighted by Crippen LogP contribution is -2.50. The van der Waals surface area contributed by atoms with E-state index in [9.17, 15) is 38.2 Å². The fourth-order valence-corrected chi connectivity index (χ4v) is 12.7. The number of piperidine rings is 2. The zero-order chi connectivity index (χ0) is 54.4. The van der Waals surface area contributed by atoms with E-state index in [1.54, 1.807) is 45.1 Å². The number of thiazole rings is 2. The van der Waals surface area contributed by atoms with E-state index in [1.807, 2.05) is 0 Å². The third-order valence-corrected chi connectivity index (χ3v) is 16.7. The van der Waals surface area contributed by atoms with Crippen LogP contribution in [0.1, 0.15) is 84.6 Å². The first-order valence-corrected chi connectivity index (χ1v) is 26.4. The number of carboxylic acids is 2. The topological polar surface area (TPSA) is 208 Å². The van der Waals surface area contributed by atoms with Gasteiger partial charge in [-0.2, -0.15) is 0 Å². The normalized spacial score (nSPS) is 26.6. The molecule has 0 saturated carbocycles. The Kier molecular flexibility index (Phi) is 16.0. The number of esters is 2. The number of nitrogens with zero attached hydrogens (tertiary/aromatic N) is 6. The molecule has 2 aromatic carbocycles. The number of halogens is 8. The monoisotopic (exact) mass is 1140 g/mol. The predicted molar refractivity (Wildman–Crippen MR) is 268 cm³/mol. The summed E-state index contributed by atoms with van der Waals surface area (Å²) in [6, 6.07) is 2.61. The maximum atomic E-state index is 15.1. The van der Waals surface area contributed by atoms with Crippen molar-refractivity contribution in [3.8, 4) is 0 Å². The number of carbonyl (C=O) groups excluding carboxylic acids is 2. The molecule has 0 radical (unpaired) electrons. The SMILES string of the molecule is COC(=O)C1=C(CN2[C@@H]3CC(CC(=O)O)C[C@H]2C(F)(F)C3)NC(c2nccs2)=N[C@H]1c1ccc(Cl)c(F)c1.COC(=O)C1=C(CN2[C@H]3CC(CC(=O)O)C[C@@H]2C(F)(F)C3)NC(c2nccs2)=N[C@H]1c1ccc(Cl)c(F)c1. The zero-order valence-electron chi connectivity index (χ0n) is 40.3. The number of carbonyl (C=O) groups is 4. The molecule has 2 aromatic heterocycles. The molecule has 16 nitrogen and oxygen atoms in total. The van der Waals surface area contributed by atoms with Crippen LogP contribution in [-0.4, -0.2) is 129 Å². The fourth-order valence-electron chi connectivity index (χ4n) is 11.3. The number of carboxylic acid groups (broad SMARTS) is 2. The third kappa shape index (κ3) is 11.4. The Morgan fingerprint density at radius 3 is 1.38 bits per heavy atom. The first-order valence-electron chi connectivity index (χ1n) is 23.9. The molecule has 6 aliphatic heterocycles. The van der Waals surface area contributed by atoms with Crippen LogP contribution in [0.25, 0.3) is 0 Å². The molecule has 6 aliphatic rings. The van der Waals surface area contributed by atoms with E-state index in [-0.39, 0.29) is 71.8 Å². The number of ether oxygens (including phenoxy) is 2. The number of alkyl halides is 4. The number of fused-ring (bicyclic) bond motifs is 4. The predicted octanol–water partition coefficient (Wildman–Crippen LogP) is 8.83. The number of rotatable bonds is 14. The number of amidine groups is 2. The number of hydrogen-bond acceptors (Lipinski definition) is 16. The number of aliphatic carboxylic acids is 2. The van der Waals surface area contributed by atoms with E-state index in [4.69, 9.17) is 32.7 Å². The average molecular weight is 1140 g/mol. The fraction of sp³-hybridized carbons (Fsp3) is 0.440. The Morgan fingerprint density at radius 2 is 1.07 bits per heavy atom. The van der Waals surface area contributed by atoms with Gasteiger partial charge in [0.2, 0.25) is 0 Å². The molecule has 404 valence electrons. The van der Waals surface area contributed by atoms with E-state index < -0.39 is 96.4 Å². The molecule has 8 heterocycles. The van der Waals surface area contributed by atoms with Gasteiger partial charge in [-0.1, -0.05) is 35.3 Å². The van der Waals surface area contributed by atoms with Crippen molar-refractivity contribution in [1.29, 1.82) is 0 Å². The number of aliphatic imine (C=N–C) groups is 2. The second kappa shape index (κ2) is 22.2. The molecular formula is C50H48Cl2F6N8O8S2. The molecular weight excluding hydrogens is 1090 g/mol. The van der Waals surface area contributed by atoms with Crippen molar-refractivity contribution in [2.75, 3.05) is 27.3 Å². The van der Waals surface area contributed by atoms with Crippen LogP contribution >= 0.6 is 45.9 Å². The minimum Gasteiger partial charge on any atom is -0.481 e. The van der Waals surface area contributed by atoms with E-state index >= 15 is 17.6 Å². The van der Waals surface area contributed by atoms with Gasteiger partial charge in [0.15, 0.2) is 21.7 Å². The van der Waals surface area contributed by atoms with Gasteiger partial charge < -0.3 is 30.3 Å². The quantitative estimate of drug-likeness (QED) is 0.0688. The van der Waals surface area contributed by atoms with Gasteiger partial charge in [0.25, 0.3) is 11.8 Å². The minimum absolute atomic E-state index is 0.0237. The van der Waals surface area contributed by atoms with Crippen LogP contribution in [0.3, 0.4) is 0 Å². The van der Waals surface area contributed by atoms with E-state index in [0.29, 0.717) is 57.0 Å².